The first kappa shape index (κ1) is 12.0. The van der Waals surface area contributed by atoms with Gasteiger partial charge in [-0.2, -0.15) is 0 Å². The highest BCUT2D eigenvalue weighted by Gasteiger charge is 2.33. The minimum atomic E-state index is -0.734. The van der Waals surface area contributed by atoms with Gasteiger partial charge in [-0.1, -0.05) is 31.9 Å². The van der Waals surface area contributed by atoms with Gasteiger partial charge >= 0.3 is 0 Å². The molecule has 1 unspecified atom stereocenters. The second kappa shape index (κ2) is 4.41. The van der Waals surface area contributed by atoms with Crippen molar-refractivity contribution in [3.05, 3.63) is 28.2 Å². The molecular formula is C10H7Br2F2NO. The molecular weight excluding hydrogens is 348 g/mol. The lowest BCUT2D eigenvalue weighted by molar-refractivity contribution is -0.116. The maximum absolute atomic E-state index is 13.6. The quantitative estimate of drug-likeness (QED) is 0.709. The predicted octanol–water partition coefficient (Wildman–Crippen LogP) is 3.23. The first-order valence-corrected chi connectivity index (χ1v) is 6.31. The third-order valence-electron chi connectivity index (χ3n) is 2.39. The molecule has 1 aromatic carbocycles. The van der Waals surface area contributed by atoms with Crippen LogP contribution in [0.5, 0.6) is 0 Å². The van der Waals surface area contributed by atoms with Gasteiger partial charge in [0.2, 0.25) is 5.91 Å². The van der Waals surface area contributed by atoms with Gasteiger partial charge in [0.05, 0.1) is 4.83 Å². The van der Waals surface area contributed by atoms with Crippen LogP contribution in [0, 0.1) is 11.6 Å². The molecule has 1 amide bonds. The van der Waals surface area contributed by atoms with Gasteiger partial charge in [-0.3, -0.25) is 4.79 Å². The van der Waals surface area contributed by atoms with Crippen LogP contribution in [-0.4, -0.2) is 17.3 Å². The monoisotopic (exact) mass is 353 g/mol. The van der Waals surface area contributed by atoms with E-state index in [1.54, 1.807) is 0 Å². The molecule has 1 aliphatic rings. The van der Waals surface area contributed by atoms with E-state index in [0.717, 1.165) is 17.0 Å². The zero-order chi connectivity index (χ0) is 11.9. The smallest absolute Gasteiger partial charge is 0.240 e. The molecule has 6 heteroatoms. The van der Waals surface area contributed by atoms with E-state index in [9.17, 15) is 13.6 Å². The van der Waals surface area contributed by atoms with Crippen LogP contribution in [0.15, 0.2) is 16.6 Å². The van der Waals surface area contributed by atoms with E-state index in [1.165, 1.54) is 0 Å². The number of hydrogen-bond acceptors (Lipinski definition) is 1. The zero-order valence-corrected chi connectivity index (χ0v) is 11.2. The summed E-state index contributed by atoms with van der Waals surface area (Å²) in [5.41, 5.74) is -0.268. The molecule has 1 fully saturated rings. The molecule has 0 spiro atoms. The summed E-state index contributed by atoms with van der Waals surface area (Å²) in [6.07, 6.45) is 0.549. The van der Waals surface area contributed by atoms with Crippen molar-refractivity contribution >= 4 is 43.5 Å². The van der Waals surface area contributed by atoms with Gasteiger partial charge in [-0.05, 0) is 18.6 Å². The van der Waals surface area contributed by atoms with E-state index >= 15 is 0 Å². The largest absolute Gasteiger partial charge is 0.306 e. The molecule has 16 heavy (non-hydrogen) atoms. The number of rotatable bonds is 1. The van der Waals surface area contributed by atoms with Crippen molar-refractivity contribution in [2.75, 3.05) is 11.4 Å². The normalized spacial score (nSPS) is 20.6. The first-order valence-electron chi connectivity index (χ1n) is 4.60. The molecule has 0 aromatic heterocycles. The van der Waals surface area contributed by atoms with Crippen molar-refractivity contribution in [1.29, 1.82) is 0 Å². The van der Waals surface area contributed by atoms with Gasteiger partial charge in [0.15, 0.2) is 11.6 Å². The van der Waals surface area contributed by atoms with Crippen LogP contribution in [0.2, 0.25) is 0 Å². The number of hydrogen-bond donors (Lipinski definition) is 0. The van der Waals surface area contributed by atoms with E-state index in [-0.39, 0.29) is 16.4 Å². The van der Waals surface area contributed by atoms with Crippen molar-refractivity contribution in [3.63, 3.8) is 0 Å². The highest BCUT2D eigenvalue weighted by Crippen LogP contribution is 2.31. The van der Waals surface area contributed by atoms with E-state index < -0.39 is 11.6 Å². The Labute approximate surface area is 108 Å². The molecule has 0 saturated carbocycles. The average molecular weight is 355 g/mol. The van der Waals surface area contributed by atoms with Crippen molar-refractivity contribution in [2.45, 2.75) is 11.2 Å². The summed E-state index contributed by atoms with van der Waals surface area (Å²) in [7, 11) is 0. The Hall–Kier alpha value is -0.490. The van der Waals surface area contributed by atoms with Crippen molar-refractivity contribution in [1.82, 2.24) is 0 Å². The Balaban J connectivity index is 2.45. The van der Waals surface area contributed by atoms with Crippen LogP contribution in [0.3, 0.4) is 0 Å². The lowest BCUT2D eigenvalue weighted by Crippen LogP contribution is -2.28. The summed E-state index contributed by atoms with van der Waals surface area (Å²) >= 11 is 6.15. The Morgan fingerprint density at radius 2 is 1.88 bits per heavy atom. The van der Waals surface area contributed by atoms with E-state index in [0.29, 0.717) is 17.4 Å². The summed E-state index contributed by atoms with van der Waals surface area (Å²) < 4.78 is 27.5. The predicted molar refractivity (Wildman–Crippen MR) is 63.7 cm³/mol. The average Bonchev–Trinajstić information content (AvgIpc) is 2.48. The Bertz CT molecular complexity index is 429. The minimum Gasteiger partial charge on any atom is -0.306 e. The third-order valence-corrected chi connectivity index (χ3v) is 3.70. The number of carbonyl (C=O) groups is 1. The lowest BCUT2D eigenvalue weighted by Gasteiger charge is -2.17. The molecule has 2 rings (SSSR count). The second-order valence-corrected chi connectivity index (χ2v) is 5.49. The number of benzene rings is 1. The molecule has 0 bridgehead atoms. The molecule has 0 radical (unpaired) electrons. The number of alkyl halides is 1. The summed E-state index contributed by atoms with van der Waals surface area (Å²) in [5, 5.41) is 0. The van der Waals surface area contributed by atoms with Gasteiger partial charge in [-0.25, -0.2) is 8.78 Å². The van der Waals surface area contributed by atoms with Gasteiger partial charge in [0, 0.05) is 11.0 Å². The zero-order valence-electron chi connectivity index (χ0n) is 8.01. The third kappa shape index (κ3) is 2.00. The second-order valence-electron chi connectivity index (χ2n) is 3.46. The highest BCUT2D eigenvalue weighted by atomic mass is 79.9. The van der Waals surface area contributed by atoms with Crippen LogP contribution in [0.1, 0.15) is 6.42 Å². The number of anilines is 1. The van der Waals surface area contributed by atoms with Crippen molar-refractivity contribution in [3.8, 4) is 0 Å². The Kier molecular flexibility index (Phi) is 3.30. The maximum Gasteiger partial charge on any atom is 0.240 e. The fourth-order valence-electron chi connectivity index (χ4n) is 1.66. The summed E-state index contributed by atoms with van der Waals surface area (Å²) in [5.74, 6) is -1.77. The summed E-state index contributed by atoms with van der Waals surface area (Å²) in [6, 6.07) is 2.29. The molecule has 86 valence electrons. The molecule has 1 atom stereocenters. The standard InChI is InChI=1S/C10H7Br2F2NO/c11-5-3-7(13)9(8(14)4-5)15-2-1-6(12)10(15)16/h3-4,6H,1-2H2. The summed E-state index contributed by atoms with van der Waals surface area (Å²) in [4.78, 5) is 12.4. The van der Waals surface area contributed by atoms with Gasteiger partial charge in [-0.15, -0.1) is 0 Å². The molecule has 0 aliphatic carbocycles. The minimum absolute atomic E-state index is 0.268. The van der Waals surface area contributed by atoms with E-state index in [2.05, 4.69) is 31.9 Å². The van der Waals surface area contributed by atoms with Crippen LogP contribution in [0.25, 0.3) is 0 Å². The van der Waals surface area contributed by atoms with Gasteiger partial charge < -0.3 is 4.90 Å². The molecule has 1 heterocycles. The number of nitrogens with zero attached hydrogens (tertiary/aromatic N) is 1. The van der Waals surface area contributed by atoms with Gasteiger partial charge in [0.25, 0.3) is 0 Å². The molecule has 1 saturated heterocycles. The fourth-order valence-corrected chi connectivity index (χ4v) is 2.51. The van der Waals surface area contributed by atoms with Crippen LogP contribution in [0.4, 0.5) is 14.5 Å². The Morgan fingerprint density at radius 1 is 1.31 bits per heavy atom. The van der Waals surface area contributed by atoms with Crippen LogP contribution in [-0.2, 0) is 4.79 Å². The van der Waals surface area contributed by atoms with Crippen molar-refractivity contribution < 1.29 is 13.6 Å². The Morgan fingerprint density at radius 3 is 2.31 bits per heavy atom. The summed E-state index contributed by atoms with van der Waals surface area (Å²) in [6.45, 7) is 0.324. The topological polar surface area (TPSA) is 20.3 Å². The van der Waals surface area contributed by atoms with Crippen molar-refractivity contribution in [2.24, 2.45) is 0 Å². The molecule has 2 nitrogen and oxygen atoms in total. The molecule has 1 aliphatic heterocycles. The first-order chi connectivity index (χ1) is 7.50. The number of carbonyl (C=O) groups excluding carboxylic acids is 1. The number of halogens is 4. The van der Waals surface area contributed by atoms with E-state index in [1.807, 2.05) is 0 Å². The van der Waals surface area contributed by atoms with Gasteiger partial charge in [0.1, 0.15) is 5.69 Å². The fraction of sp³-hybridized carbons (Fsp3) is 0.300. The molecule has 1 aromatic rings. The SMILES string of the molecule is O=C1C(Br)CCN1c1c(F)cc(Br)cc1F. The molecule has 0 N–H and O–H groups in total. The lowest BCUT2D eigenvalue weighted by atomic mass is 10.2. The van der Waals surface area contributed by atoms with Crippen LogP contribution < -0.4 is 4.90 Å². The van der Waals surface area contributed by atoms with Crippen LogP contribution >= 0.6 is 31.9 Å². The maximum atomic E-state index is 13.6. The number of amides is 1. The van der Waals surface area contributed by atoms with E-state index in [4.69, 9.17) is 0 Å². The highest BCUT2D eigenvalue weighted by molar-refractivity contribution is 9.10.